The van der Waals surface area contributed by atoms with Crippen LogP contribution in [0.3, 0.4) is 0 Å². The molecule has 1 aromatic rings. The fraction of sp³-hybridized carbons (Fsp3) is 0.625. The maximum Gasteiger partial charge on any atom is 0.349 e. The van der Waals surface area contributed by atoms with Crippen LogP contribution in [0.4, 0.5) is 10.1 Å². The molecule has 0 spiro atoms. The topological polar surface area (TPSA) is 68.1 Å². The summed E-state index contributed by atoms with van der Waals surface area (Å²) in [5.41, 5.74) is 0.241. The van der Waals surface area contributed by atoms with Gasteiger partial charge in [-0.1, -0.05) is 20.8 Å². The first-order valence-electron chi connectivity index (χ1n) is 4.19. The quantitative estimate of drug-likeness (QED) is 0.607. The van der Waals surface area contributed by atoms with E-state index in [1.54, 1.807) is 7.05 Å². The molecule has 0 aromatic carbocycles. The third kappa shape index (κ3) is 2.01. The molecular formula is C8H13N3O2S. The Morgan fingerprint density at radius 3 is 2.36 bits per heavy atom. The Kier molecular flexibility index (Phi) is 2.75. The molecule has 0 atom stereocenters. The first kappa shape index (κ1) is 10.9. The van der Waals surface area contributed by atoms with Crippen molar-refractivity contribution in [3.63, 3.8) is 0 Å². The van der Waals surface area contributed by atoms with E-state index in [0.717, 1.165) is 11.3 Å². The highest BCUT2D eigenvalue weighted by atomic mass is 32.1. The van der Waals surface area contributed by atoms with E-state index in [9.17, 15) is 10.1 Å². The van der Waals surface area contributed by atoms with Crippen molar-refractivity contribution >= 4 is 21.5 Å². The number of aromatic nitrogens is 1. The molecule has 1 rings (SSSR count). The Morgan fingerprint density at radius 1 is 1.50 bits per heavy atom. The van der Waals surface area contributed by atoms with Crippen LogP contribution in [0.15, 0.2) is 0 Å². The highest BCUT2D eigenvalue weighted by Gasteiger charge is 2.30. The molecule has 0 radical (unpaired) electrons. The Hall–Kier alpha value is -1.17. The molecule has 0 saturated heterocycles. The molecule has 0 bridgehead atoms. The fourth-order valence-corrected chi connectivity index (χ4v) is 1.98. The van der Waals surface area contributed by atoms with E-state index in [-0.39, 0.29) is 15.3 Å². The second-order valence-corrected chi connectivity index (χ2v) is 4.91. The molecule has 0 unspecified atom stereocenters. The summed E-state index contributed by atoms with van der Waals surface area (Å²) in [5, 5.41) is 14.3. The fourth-order valence-electron chi connectivity index (χ4n) is 1.03. The number of rotatable bonds is 2. The van der Waals surface area contributed by atoms with Gasteiger partial charge < -0.3 is 5.32 Å². The number of hydrogen-bond donors (Lipinski definition) is 1. The molecule has 1 aromatic heterocycles. The molecule has 0 aliphatic carbocycles. The van der Waals surface area contributed by atoms with Crippen LogP contribution >= 0.6 is 11.3 Å². The number of nitro groups is 1. The molecular weight excluding hydrogens is 202 g/mol. The molecule has 0 saturated carbocycles. The zero-order chi connectivity index (χ0) is 10.9. The summed E-state index contributed by atoms with van der Waals surface area (Å²) < 4.78 is 0. The molecule has 6 heteroatoms. The smallest absolute Gasteiger partial charge is 0.349 e. The minimum absolute atomic E-state index is 0.127. The van der Waals surface area contributed by atoms with Gasteiger partial charge in [-0.25, -0.2) is 4.98 Å². The lowest BCUT2D eigenvalue weighted by atomic mass is 9.93. The molecule has 5 nitrogen and oxygen atoms in total. The average molecular weight is 215 g/mol. The van der Waals surface area contributed by atoms with Gasteiger partial charge in [0.25, 0.3) is 0 Å². The van der Waals surface area contributed by atoms with Crippen LogP contribution in [-0.4, -0.2) is 17.0 Å². The van der Waals surface area contributed by atoms with Crippen molar-refractivity contribution in [1.82, 2.24) is 4.98 Å². The lowest BCUT2D eigenvalue weighted by Crippen LogP contribution is -2.13. The molecule has 1 N–H and O–H groups in total. The summed E-state index contributed by atoms with van der Waals surface area (Å²) >= 11 is 1.07. The lowest BCUT2D eigenvalue weighted by Gasteiger charge is -2.13. The van der Waals surface area contributed by atoms with Crippen LogP contribution in [0.25, 0.3) is 0 Å². The number of nitrogens with one attached hydrogen (secondary N) is 1. The zero-order valence-corrected chi connectivity index (χ0v) is 9.44. The Bertz CT molecular complexity index is 354. The van der Waals surface area contributed by atoms with Crippen LogP contribution in [0.2, 0.25) is 0 Å². The minimum Gasteiger partial charge on any atom is -0.364 e. The van der Waals surface area contributed by atoms with Gasteiger partial charge in [0, 0.05) is 12.5 Å². The Morgan fingerprint density at radius 2 is 2.07 bits per heavy atom. The van der Waals surface area contributed by atoms with Gasteiger partial charge in [-0.2, -0.15) is 0 Å². The molecule has 0 fully saturated rings. The Labute approximate surface area is 86.3 Å². The van der Waals surface area contributed by atoms with Gasteiger partial charge in [0.1, 0.15) is 5.69 Å². The second-order valence-electron chi connectivity index (χ2n) is 3.93. The molecule has 0 aliphatic rings. The van der Waals surface area contributed by atoms with Crippen molar-refractivity contribution in [2.45, 2.75) is 26.2 Å². The van der Waals surface area contributed by atoms with Gasteiger partial charge in [0.15, 0.2) is 5.13 Å². The summed E-state index contributed by atoms with van der Waals surface area (Å²) in [4.78, 5) is 14.6. The highest BCUT2D eigenvalue weighted by Crippen LogP contribution is 2.37. The molecule has 78 valence electrons. The molecule has 0 aliphatic heterocycles. The van der Waals surface area contributed by atoms with E-state index in [4.69, 9.17) is 0 Å². The van der Waals surface area contributed by atoms with Crippen LogP contribution in [0, 0.1) is 10.1 Å². The zero-order valence-electron chi connectivity index (χ0n) is 8.62. The number of thiazole rings is 1. The molecule has 14 heavy (non-hydrogen) atoms. The highest BCUT2D eigenvalue weighted by molar-refractivity contribution is 7.18. The number of hydrogen-bond acceptors (Lipinski definition) is 5. The first-order chi connectivity index (χ1) is 6.36. The van der Waals surface area contributed by atoms with Crippen molar-refractivity contribution < 1.29 is 4.92 Å². The van der Waals surface area contributed by atoms with E-state index in [1.807, 2.05) is 20.8 Å². The molecule has 1 heterocycles. The van der Waals surface area contributed by atoms with Crippen LogP contribution in [0.5, 0.6) is 0 Å². The van der Waals surface area contributed by atoms with E-state index in [0.29, 0.717) is 10.8 Å². The van der Waals surface area contributed by atoms with Crippen molar-refractivity contribution in [2.75, 3.05) is 12.4 Å². The summed E-state index contributed by atoms with van der Waals surface area (Å²) in [6, 6.07) is 0. The SMILES string of the molecule is CNc1nc(C(C)(C)C)c([N+](=O)[O-])s1. The predicted molar refractivity (Wildman–Crippen MR) is 57.0 cm³/mol. The summed E-state index contributed by atoms with van der Waals surface area (Å²) in [6.07, 6.45) is 0. The second kappa shape index (κ2) is 3.53. The van der Waals surface area contributed by atoms with Gasteiger partial charge in [0.2, 0.25) is 0 Å². The van der Waals surface area contributed by atoms with Crippen molar-refractivity contribution in [3.05, 3.63) is 15.8 Å². The van der Waals surface area contributed by atoms with Gasteiger partial charge in [-0.15, -0.1) is 0 Å². The standard InChI is InChI=1S/C8H13N3O2S/c1-8(2,3)5-6(11(12)13)14-7(9-4)10-5/h1-4H3,(H,9,10). The number of anilines is 1. The van der Waals surface area contributed by atoms with Gasteiger partial charge in [-0.05, 0) is 11.3 Å². The largest absolute Gasteiger partial charge is 0.364 e. The molecule has 0 amide bonds. The van der Waals surface area contributed by atoms with E-state index in [2.05, 4.69) is 10.3 Å². The first-order valence-corrected chi connectivity index (χ1v) is 5.01. The maximum atomic E-state index is 10.7. The Balaban J connectivity index is 3.26. The predicted octanol–water partition coefficient (Wildman–Crippen LogP) is 2.39. The minimum atomic E-state index is -0.376. The normalized spacial score (nSPS) is 11.4. The van der Waals surface area contributed by atoms with Gasteiger partial charge >= 0.3 is 5.00 Å². The number of nitrogens with zero attached hydrogens (tertiary/aromatic N) is 2. The maximum absolute atomic E-state index is 10.7. The van der Waals surface area contributed by atoms with Gasteiger partial charge in [0.05, 0.1) is 4.92 Å². The van der Waals surface area contributed by atoms with E-state index < -0.39 is 0 Å². The summed E-state index contributed by atoms with van der Waals surface area (Å²) in [7, 11) is 1.70. The van der Waals surface area contributed by atoms with E-state index in [1.165, 1.54) is 0 Å². The van der Waals surface area contributed by atoms with Crippen LogP contribution in [-0.2, 0) is 5.41 Å². The lowest BCUT2D eigenvalue weighted by molar-refractivity contribution is -0.381. The van der Waals surface area contributed by atoms with Gasteiger partial charge in [-0.3, -0.25) is 10.1 Å². The van der Waals surface area contributed by atoms with Crippen LogP contribution < -0.4 is 5.32 Å². The summed E-state index contributed by atoms with van der Waals surface area (Å²) in [6.45, 7) is 5.73. The van der Waals surface area contributed by atoms with Crippen molar-refractivity contribution in [1.29, 1.82) is 0 Å². The summed E-state index contributed by atoms with van der Waals surface area (Å²) in [5.74, 6) is 0. The third-order valence-electron chi connectivity index (χ3n) is 1.70. The van der Waals surface area contributed by atoms with Crippen molar-refractivity contribution in [3.8, 4) is 0 Å². The van der Waals surface area contributed by atoms with Crippen LogP contribution in [0.1, 0.15) is 26.5 Å². The monoisotopic (exact) mass is 215 g/mol. The van der Waals surface area contributed by atoms with E-state index >= 15 is 0 Å². The van der Waals surface area contributed by atoms with Crippen molar-refractivity contribution in [2.24, 2.45) is 0 Å². The average Bonchev–Trinajstić information content (AvgIpc) is 2.46. The third-order valence-corrected chi connectivity index (χ3v) is 2.72.